The van der Waals surface area contributed by atoms with Crippen molar-refractivity contribution in [2.24, 2.45) is 0 Å². The van der Waals surface area contributed by atoms with Crippen LogP contribution in [0.25, 0.3) is 0 Å². The van der Waals surface area contributed by atoms with Gasteiger partial charge in [-0.05, 0) is 0 Å². The van der Waals surface area contributed by atoms with Gasteiger partial charge in [0, 0.05) is 19.9 Å². The number of hydrogen-bond donors (Lipinski definition) is 2. The number of anilines is 1. The third-order valence-electron chi connectivity index (χ3n) is 1.91. The minimum atomic E-state index is -0.968. The summed E-state index contributed by atoms with van der Waals surface area (Å²) in [5, 5.41) is 16.0. The first-order valence-corrected chi connectivity index (χ1v) is 5.69. The molecule has 0 aliphatic heterocycles. The van der Waals surface area contributed by atoms with E-state index in [1.165, 1.54) is 6.20 Å². The summed E-state index contributed by atoms with van der Waals surface area (Å²) in [6, 6.07) is 0. The summed E-state index contributed by atoms with van der Waals surface area (Å²) in [7, 11) is 0. The molecule has 8 heteroatoms. The number of rotatable bonds is 5. The zero-order valence-corrected chi connectivity index (χ0v) is 9.82. The molecule has 0 bridgehead atoms. The standard InChI is InChI=1S/C9H10N4O3S/c1-5-12-7(13-16-5)2-3-10-9-11-4-6(17-9)8(14)15/h4H,2-3H2,1H3,(H,10,11)(H,14,15). The Bertz CT molecular complexity index is 522. The molecule has 0 fully saturated rings. The summed E-state index contributed by atoms with van der Waals surface area (Å²) in [4.78, 5) is 18.8. The average Bonchev–Trinajstić information content (AvgIpc) is 2.88. The number of hydrogen-bond acceptors (Lipinski definition) is 7. The fourth-order valence-corrected chi connectivity index (χ4v) is 1.86. The van der Waals surface area contributed by atoms with Crippen LogP contribution in [0.3, 0.4) is 0 Å². The molecule has 0 amide bonds. The van der Waals surface area contributed by atoms with Gasteiger partial charge in [-0.2, -0.15) is 4.98 Å². The number of aromatic carboxylic acids is 1. The van der Waals surface area contributed by atoms with E-state index in [-0.39, 0.29) is 4.88 Å². The summed E-state index contributed by atoms with van der Waals surface area (Å²) in [5.74, 6) is 0.178. The highest BCUT2D eigenvalue weighted by Gasteiger charge is 2.08. The van der Waals surface area contributed by atoms with Gasteiger partial charge in [-0.15, -0.1) is 0 Å². The Morgan fingerprint density at radius 2 is 2.47 bits per heavy atom. The molecule has 0 atom stereocenters. The summed E-state index contributed by atoms with van der Waals surface area (Å²) in [6.45, 7) is 2.30. The van der Waals surface area contributed by atoms with Crippen LogP contribution in [-0.4, -0.2) is 32.7 Å². The number of nitrogens with one attached hydrogen (secondary N) is 1. The molecule has 17 heavy (non-hydrogen) atoms. The lowest BCUT2D eigenvalue weighted by Gasteiger charge is -1.97. The second-order valence-corrected chi connectivity index (χ2v) is 4.27. The molecule has 2 heterocycles. The molecule has 7 nitrogen and oxygen atoms in total. The highest BCUT2D eigenvalue weighted by Crippen LogP contribution is 2.17. The average molecular weight is 254 g/mol. The lowest BCUT2D eigenvalue weighted by molar-refractivity contribution is 0.0702. The smallest absolute Gasteiger partial charge is 0.347 e. The van der Waals surface area contributed by atoms with E-state index < -0.39 is 5.97 Å². The van der Waals surface area contributed by atoms with E-state index in [0.29, 0.717) is 29.8 Å². The number of nitrogens with zero attached hydrogens (tertiary/aromatic N) is 3. The van der Waals surface area contributed by atoms with Crippen molar-refractivity contribution in [3.8, 4) is 0 Å². The lowest BCUT2D eigenvalue weighted by atomic mass is 10.4. The Morgan fingerprint density at radius 1 is 1.65 bits per heavy atom. The van der Waals surface area contributed by atoms with Gasteiger partial charge in [-0.3, -0.25) is 0 Å². The van der Waals surface area contributed by atoms with Crippen LogP contribution in [0.15, 0.2) is 10.7 Å². The van der Waals surface area contributed by atoms with Gasteiger partial charge in [0.25, 0.3) is 0 Å². The second kappa shape index (κ2) is 4.91. The van der Waals surface area contributed by atoms with E-state index in [9.17, 15) is 4.79 Å². The first-order chi connectivity index (χ1) is 8.15. The zero-order valence-electron chi connectivity index (χ0n) is 9.01. The summed E-state index contributed by atoms with van der Waals surface area (Å²) >= 11 is 1.10. The topological polar surface area (TPSA) is 101 Å². The maximum atomic E-state index is 10.6. The molecule has 2 rings (SSSR count). The van der Waals surface area contributed by atoms with Crippen LogP contribution >= 0.6 is 11.3 Å². The number of aryl methyl sites for hydroxylation is 1. The van der Waals surface area contributed by atoms with E-state index in [1.807, 2.05) is 0 Å². The summed E-state index contributed by atoms with van der Waals surface area (Å²) < 4.78 is 4.82. The van der Waals surface area contributed by atoms with Crippen LogP contribution < -0.4 is 5.32 Å². The molecule has 2 N–H and O–H groups in total. The maximum absolute atomic E-state index is 10.6. The van der Waals surface area contributed by atoms with Crippen LogP contribution in [0, 0.1) is 6.92 Å². The summed E-state index contributed by atoms with van der Waals surface area (Å²) in [5.41, 5.74) is 0. The fourth-order valence-electron chi connectivity index (χ4n) is 1.18. The molecule has 0 aliphatic carbocycles. The number of carbonyl (C=O) groups is 1. The monoisotopic (exact) mass is 254 g/mol. The molecule has 0 saturated heterocycles. The molecular weight excluding hydrogens is 244 g/mol. The molecule has 0 radical (unpaired) electrons. The van der Waals surface area contributed by atoms with E-state index in [2.05, 4.69) is 20.4 Å². The van der Waals surface area contributed by atoms with Crippen molar-refractivity contribution in [1.29, 1.82) is 0 Å². The fraction of sp³-hybridized carbons (Fsp3) is 0.333. The predicted molar refractivity (Wildman–Crippen MR) is 60.3 cm³/mol. The van der Waals surface area contributed by atoms with Crippen LogP contribution in [0.1, 0.15) is 21.4 Å². The van der Waals surface area contributed by atoms with Crippen molar-refractivity contribution < 1.29 is 14.4 Å². The van der Waals surface area contributed by atoms with Gasteiger partial charge in [-0.25, -0.2) is 9.78 Å². The lowest BCUT2D eigenvalue weighted by Crippen LogP contribution is -2.05. The van der Waals surface area contributed by atoms with Crippen molar-refractivity contribution in [1.82, 2.24) is 15.1 Å². The summed E-state index contributed by atoms with van der Waals surface area (Å²) in [6.07, 6.45) is 1.92. The highest BCUT2D eigenvalue weighted by molar-refractivity contribution is 7.17. The van der Waals surface area contributed by atoms with Crippen molar-refractivity contribution in [2.45, 2.75) is 13.3 Å². The van der Waals surface area contributed by atoms with Crippen molar-refractivity contribution in [3.05, 3.63) is 22.8 Å². The Balaban J connectivity index is 1.83. The van der Waals surface area contributed by atoms with Gasteiger partial charge in [-0.1, -0.05) is 16.5 Å². The molecule has 0 saturated carbocycles. The molecule has 0 aromatic carbocycles. The highest BCUT2D eigenvalue weighted by atomic mass is 32.1. The van der Waals surface area contributed by atoms with Gasteiger partial charge in [0.2, 0.25) is 5.89 Å². The van der Waals surface area contributed by atoms with Gasteiger partial charge < -0.3 is 14.9 Å². The van der Waals surface area contributed by atoms with Crippen LogP contribution in [0.5, 0.6) is 0 Å². The van der Waals surface area contributed by atoms with E-state index in [1.54, 1.807) is 6.92 Å². The van der Waals surface area contributed by atoms with Crippen LogP contribution in [0.2, 0.25) is 0 Å². The van der Waals surface area contributed by atoms with Gasteiger partial charge in [0.15, 0.2) is 11.0 Å². The van der Waals surface area contributed by atoms with Crippen molar-refractivity contribution in [3.63, 3.8) is 0 Å². The SMILES string of the molecule is Cc1nc(CCNc2ncc(C(=O)O)s2)no1. The number of carboxylic acid groups (broad SMARTS) is 1. The molecule has 0 aliphatic rings. The van der Waals surface area contributed by atoms with Crippen LogP contribution in [-0.2, 0) is 6.42 Å². The van der Waals surface area contributed by atoms with E-state index >= 15 is 0 Å². The normalized spacial score (nSPS) is 10.4. The van der Waals surface area contributed by atoms with E-state index in [4.69, 9.17) is 9.63 Å². The number of aromatic nitrogens is 3. The molecule has 0 spiro atoms. The van der Waals surface area contributed by atoms with Crippen molar-refractivity contribution in [2.75, 3.05) is 11.9 Å². The third-order valence-corrected chi connectivity index (χ3v) is 2.85. The Morgan fingerprint density at radius 3 is 3.06 bits per heavy atom. The molecule has 2 aromatic rings. The minimum Gasteiger partial charge on any atom is -0.477 e. The predicted octanol–water partition coefficient (Wildman–Crippen LogP) is 1.19. The van der Waals surface area contributed by atoms with Gasteiger partial charge >= 0.3 is 5.97 Å². The maximum Gasteiger partial charge on any atom is 0.347 e. The second-order valence-electron chi connectivity index (χ2n) is 3.24. The largest absolute Gasteiger partial charge is 0.477 e. The molecule has 90 valence electrons. The molecule has 2 aromatic heterocycles. The molecular formula is C9H10N4O3S. The number of carboxylic acids is 1. The first kappa shape index (κ1) is 11.5. The minimum absolute atomic E-state index is 0.211. The zero-order chi connectivity index (χ0) is 12.3. The van der Waals surface area contributed by atoms with Crippen LogP contribution in [0.4, 0.5) is 5.13 Å². The number of thiazole rings is 1. The van der Waals surface area contributed by atoms with E-state index in [0.717, 1.165) is 11.3 Å². The molecule has 0 unspecified atom stereocenters. The first-order valence-electron chi connectivity index (χ1n) is 4.87. The quantitative estimate of drug-likeness (QED) is 0.826. The third kappa shape index (κ3) is 3.00. The van der Waals surface area contributed by atoms with Gasteiger partial charge in [0.1, 0.15) is 4.88 Å². The van der Waals surface area contributed by atoms with Gasteiger partial charge in [0.05, 0.1) is 6.20 Å². The Hall–Kier alpha value is -1.96. The Kier molecular flexibility index (Phi) is 3.33. The Labute approximate surface area is 100 Å². The van der Waals surface area contributed by atoms with Crippen molar-refractivity contribution >= 4 is 22.4 Å².